The van der Waals surface area contributed by atoms with Gasteiger partial charge in [-0.05, 0) is 59.9 Å². The van der Waals surface area contributed by atoms with Crippen LogP contribution >= 0.6 is 11.3 Å². The van der Waals surface area contributed by atoms with Gasteiger partial charge in [-0.1, -0.05) is 87.5 Å². The van der Waals surface area contributed by atoms with Gasteiger partial charge in [0, 0.05) is 16.1 Å². The summed E-state index contributed by atoms with van der Waals surface area (Å²) in [4.78, 5) is 35.7. The smallest absolute Gasteiger partial charge is 0.277 e. The lowest BCUT2D eigenvalue weighted by molar-refractivity contribution is -0.112. The van der Waals surface area contributed by atoms with E-state index in [0.717, 1.165) is 47.3 Å². The highest BCUT2D eigenvalue weighted by Gasteiger charge is 2.37. The zero-order chi connectivity index (χ0) is 27.9. The minimum atomic E-state index is -0.169. The Labute approximate surface area is 239 Å². The molecule has 0 radical (unpaired) electrons. The van der Waals surface area contributed by atoms with Crippen molar-refractivity contribution in [3.8, 4) is 0 Å². The van der Waals surface area contributed by atoms with E-state index in [2.05, 4.69) is 26.1 Å². The maximum atomic E-state index is 13.9. The Kier molecular flexibility index (Phi) is 6.88. The van der Waals surface area contributed by atoms with Crippen molar-refractivity contribution in [2.75, 3.05) is 10.2 Å². The summed E-state index contributed by atoms with van der Waals surface area (Å²) in [6.45, 7) is 7.33. The van der Waals surface area contributed by atoms with E-state index in [9.17, 15) is 9.59 Å². The zero-order valence-corrected chi connectivity index (χ0v) is 23.9. The number of fused-ring (bicyclic) bond motifs is 2. The highest BCUT2D eigenvalue weighted by molar-refractivity contribution is 7.16. The largest absolute Gasteiger partial charge is 0.322 e. The lowest BCUT2D eigenvalue weighted by Gasteiger charge is -2.33. The Balaban J connectivity index is 1.43. The second-order valence-corrected chi connectivity index (χ2v) is 12.7. The average Bonchev–Trinajstić information content (AvgIpc) is 3.44. The molecular weight excluding hydrogens is 514 g/mol. The van der Waals surface area contributed by atoms with Crippen LogP contribution in [0.15, 0.2) is 89.9 Å². The van der Waals surface area contributed by atoms with E-state index in [4.69, 9.17) is 4.99 Å². The van der Waals surface area contributed by atoms with Gasteiger partial charge in [0.1, 0.15) is 10.7 Å². The summed E-state index contributed by atoms with van der Waals surface area (Å²) in [6.07, 6.45) is 2.78. The first kappa shape index (κ1) is 26.2. The van der Waals surface area contributed by atoms with Crippen molar-refractivity contribution in [2.45, 2.75) is 46.6 Å². The predicted molar refractivity (Wildman–Crippen MR) is 164 cm³/mol. The van der Waals surface area contributed by atoms with E-state index in [0.29, 0.717) is 28.7 Å². The van der Waals surface area contributed by atoms with Gasteiger partial charge in [-0.25, -0.2) is 4.99 Å². The van der Waals surface area contributed by atoms with E-state index >= 15 is 0 Å². The van der Waals surface area contributed by atoms with E-state index in [1.807, 2.05) is 84.9 Å². The number of carbonyl (C=O) groups excluding carboxylic acids is 2. The van der Waals surface area contributed by atoms with E-state index in [1.54, 1.807) is 16.2 Å². The maximum absolute atomic E-state index is 13.9. The van der Waals surface area contributed by atoms with Crippen LogP contribution < -0.4 is 10.2 Å². The predicted octanol–water partition coefficient (Wildman–Crippen LogP) is 7.82. The summed E-state index contributed by atoms with van der Waals surface area (Å²) < 4.78 is 0. The average molecular weight is 548 g/mol. The Bertz CT molecular complexity index is 1600. The third-order valence-electron chi connectivity index (χ3n) is 8.02. The van der Waals surface area contributed by atoms with Gasteiger partial charge >= 0.3 is 0 Å². The van der Waals surface area contributed by atoms with Crippen LogP contribution in [-0.4, -0.2) is 17.5 Å². The van der Waals surface area contributed by atoms with Crippen LogP contribution in [0.2, 0.25) is 0 Å². The van der Waals surface area contributed by atoms with E-state index in [1.165, 1.54) is 4.88 Å². The minimum Gasteiger partial charge on any atom is -0.322 e. The first-order valence-electron chi connectivity index (χ1n) is 13.8. The number of nitrogens with one attached hydrogen (secondary N) is 1. The van der Waals surface area contributed by atoms with Gasteiger partial charge in [-0.2, -0.15) is 0 Å². The Hall–Kier alpha value is -4.03. The van der Waals surface area contributed by atoms with Crippen LogP contribution in [0.4, 0.5) is 16.4 Å². The van der Waals surface area contributed by atoms with Crippen LogP contribution in [0.25, 0.3) is 0 Å². The van der Waals surface area contributed by atoms with Crippen molar-refractivity contribution >= 4 is 45.2 Å². The molecule has 1 aromatic heterocycles. The van der Waals surface area contributed by atoms with Gasteiger partial charge in [-0.15, -0.1) is 11.3 Å². The zero-order valence-electron chi connectivity index (χ0n) is 23.1. The molecule has 3 aromatic carbocycles. The number of benzene rings is 3. The van der Waals surface area contributed by atoms with Crippen molar-refractivity contribution in [3.05, 3.63) is 112 Å². The fraction of sp³-hybridized carbons (Fsp3) is 0.265. The first-order valence-corrected chi connectivity index (χ1v) is 14.7. The van der Waals surface area contributed by atoms with Crippen LogP contribution in [0.5, 0.6) is 0 Å². The van der Waals surface area contributed by atoms with Gasteiger partial charge in [0.15, 0.2) is 0 Å². The van der Waals surface area contributed by atoms with Gasteiger partial charge < -0.3 is 10.2 Å². The summed E-state index contributed by atoms with van der Waals surface area (Å²) >= 11 is 1.57. The molecule has 1 atom stereocenters. The molecule has 0 unspecified atom stereocenters. The van der Waals surface area contributed by atoms with Crippen LogP contribution in [-0.2, 0) is 24.2 Å². The third kappa shape index (κ3) is 5.00. The minimum absolute atomic E-state index is 0.140. The third-order valence-corrected chi connectivity index (χ3v) is 9.17. The molecule has 1 aliphatic heterocycles. The molecule has 6 rings (SSSR count). The lowest BCUT2D eigenvalue weighted by atomic mass is 9.72. The first-order chi connectivity index (χ1) is 19.3. The Morgan fingerprint density at radius 1 is 0.975 bits per heavy atom. The SMILES string of the molecule is CC(C)(C)[C@H]1CCc2c(sc(N=C3C(=O)N(Cc4ccccc4)c4ccccc43)c2C(=O)Nc2ccccc2)C1. The summed E-state index contributed by atoms with van der Waals surface area (Å²) in [7, 11) is 0. The number of thiophene rings is 1. The molecule has 0 saturated carbocycles. The Morgan fingerprint density at radius 3 is 2.38 bits per heavy atom. The number of anilines is 2. The molecule has 0 fully saturated rings. The molecule has 5 nitrogen and oxygen atoms in total. The fourth-order valence-electron chi connectivity index (χ4n) is 5.73. The van der Waals surface area contributed by atoms with Crippen LogP contribution in [0.1, 0.15) is 59.1 Å². The van der Waals surface area contributed by atoms with Gasteiger partial charge in [0.05, 0.1) is 17.8 Å². The van der Waals surface area contributed by atoms with Crippen molar-refractivity contribution in [1.29, 1.82) is 0 Å². The molecule has 0 bridgehead atoms. The number of carbonyl (C=O) groups is 2. The summed E-state index contributed by atoms with van der Waals surface area (Å²) in [5.41, 5.74) is 5.70. The molecule has 2 heterocycles. The molecule has 4 aromatic rings. The molecular formula is C34H33N3O2S. The summed E-state index contributed by atoms with van der Waals surface area (Å²) in [6, 6.07) is 27.3. The van der Waals surface area contributed by atoms with Gasteiger partial charge in [0.25, 0.3) is 11.8 Å². The van der Waals surface area contributed by atoms with Crippen molar-refractivity contribution in [1.82, 2.24) is 0 Å². The molecule has 1 aliphatic carbocycles. The van der Waals surface area contributed by atoms with E-state index in [-0.39, 0.29) is 17.2 Å². The lowest BCUT2D eigenvalue weighted by Crippen LogP contribution is -2.29. The summed E-state index contributed by atoms with van der Waals surface area (Å²) in [5, 5.41) is 3.69. The molecule has 0 spiro atoms. The molecule has 6 heteroatoms. The number of para-hydroxylation sites is 2. The van der Waals surface area contributed by atoms with Crippen LogP contribution in [0, 0.1) is 11.3 Å². The number of nitrogens with zero attached hydrogens (tertiary/aromatic N) is 2. The van der Waals surface area contributed by atoms with E-state index < -0.39 is 0 Å². The molecule has 0 saturated heterocycles. The van der Waals surface area contributed by atoms with Gasteiger partial charge in [0.2, 0.25) is 0 Å². The van der Waals surface area contributed by atoms with Crippen molar-refractivity contribution in [3.63, 3.8) is 0 Å². The number of aliphatic imine (C=N–C) groups is 1. The molecule has 40 heavy (non-hydrogen) atoms. The second-order valence-electron chi connectivity index (χ2n) is 11.7. The molecule has 202 valence electrons. The standard InChI is InChI=1S/C34H33N3O2S/c1-34(2,3)23-18-19-26-28(20-23)40-32(29(26)31(38)35-24-14-8-5-9-15-24)36-30-25-16-10-11-17-27(25)37(33(30)39)21-22-12-6-4-7-13-22/h4-17,23H,18-21H2,1-3H3,(H,35,38)/t23-/m0/s1. The normalized spacial score (nSPS) is 17.6. The topological polar surface area (TPSA) is 61.8 Å². The fourth-order valence-corrected chi connectivity index (χ4v) is 7.03. The number of hydrogen-bond donors (Lipinski definition) is 1. The Morgan fingerprint density at radius 2 is 1.65 bits per heavy atom. The molecule has 2 aliphatic rings. The number of rotatable bonds is 5. The molecule has 1 N–H and O–H groups in total. The highest BCUT2D eigenvalue weighted by atomic mass is 32.1. The monoisotopic (exact) mass is 547 g/mol. The summed E-state index contributed by atoms with van der Waals surface area (Å²) in [5.74, 6) is 0.218. The number of amides is 2. The number of hydrogen-bond acceptors (Lipinski definition) is 4. The maximum Gasteiger partial charge on any atom is 0.277 e. The quantitative estimate of drug-likeness (QED) is 0.277. The van der Waals surface area contributed by atoms with Crippen LogP contribution in [0.3, 0.4) is 0 Å². The second kappa shape index (κ2) is 10.5. The highest BCUT2D eigenvalue weighted by Crippen LogP contribution is 2.46. The van der Waals surface area contributed by atoms with Crippen molar-refractivity contribution < 1.29 is 9.59 Å². The van der Waals surface area contributed by atoms with Gasteiger partial charge in [-0.3, -0.25) is 9.59 Å². The van der Waals surface area contributed by atoms with Crippen molar-refractivity contribution in [2.24, 2.45) is 16.3 Å². The molecule has 2 amide bonds.